The van der Waals surface area contributed by atoms with E-state index in [1.165, 1.54) is 7.11 Å². The highest BCUT2D eigenvalue weighted by molar-refractivity contribution is 5.83. The molecule has 1 atom stereocenters. The van der Waals surface area contributed by atoms with Crippen molar-refractivity contribution < 1.29 is 9.53 Å². The van der Waals surface area contributed by atoms with Crippen LogP contribution >= 0.6 is 0 Å². The van der Waals surface area contributed by atoms with Gasteiger partial charge in [0.2, 0.25) is 0 Å². The summed E-state index contributed by atoms with van der Waals surface area (Å²) in [5.41, 5.74) is -0.649. The standard InChI is InChI=1S/C9H13NO2/c1-9(8(11)12-3)6-4-5-7-10(9)2/h4-7H,1-3H3. The SMILES string of the molecule is COC(=O)C1(C)C=CC=CN1C. The van der Waals surface area contributed by atoms with Gasteiger partial charge in [-0.2, -0.15) is 0 Å². The molecule has 3 nitrogen and oxygen atoms in total. The van der Waals surface area contributed by atoms with Crippen LogP contribution in [0.3, 0.4) is 0 Å². The lowest BCUT2D eigenvalue weighted by Gasteiger charge is -2.34. The average molecular weight is 167 g/mol. The molecule has 1 heterocycles. The minimum absolute atomic E-state index is 0.245. The lowest BCUT2D eigenvalue weighted by molar-refractivity contribution is -0.149. The minimum atomic E-state index is -0.649. The third kappa shape index (κ3) is 1.22. The Morgan fingerprint density at radius 1 is 1.50 bits per heavy atom. The van der Waals surface area contributed by atoms with Gasteiger partial charge in [-0.15, -0.1) is 0 Å². The fraction of sp³-hybridized carbons (Fsp3) is 0.444. The first-order chi connectivity index (χ1) is 5.61. The molecule has 66 valence electrons. The van der Waals surface area contributed by atoms with E-state index in [0.29, 0.717) is 0 Å². The van der Waals surface area contributed by atoms with Gasteiger partial charge in [0.05, 0.1) is 7.11 Å². The Morgan fingerprint density at radius 3 is 2.67 bits per heavy atom. The van der Waals surface area contributed by atoms with Gasteiger partial charge in [-0.3, -0.25) is 0 Å². The molecule has 0 aliphatic carbocycles. The molecule has 0 saturated heterocycles. The summed E-state index contributed by atoms with van der Waals surface area (Å²) in [5, 5.41) is 0. The van der Waals surface area contributed by atoms with Crippen molar-refractivity contribution in [2.24, 2.45) is 0 Å². The Morgan fingerprint density at radius 2 is 2.17 bits per heavy atom. The van der Waals surface area contributed by atoms with Crippen LogP contribution in [0.5, 0.6) is 0 Å². The lowest BCUT2D eigenvalue weighted by atomic mass is 9.98. The maximum absolute atomic E-state index is 11.4. The van der Waals surface area contributed by atoms with E-state index in [0.717, 1.165) is 0 Å². The molecular formula is C9H13NO2. The molecule has 1 aliphatic heterocycles. The van der Waals surface area contributed by atoms with Gasteiger partial charge in [0.1, 0.15) is 0 Å². The minimum Gasteiger partial charge on any atom is -0.467 e. The summed E-state index contributed by atoms with van der Waals surface area (Å²) >= 11 is 0. The number of likely N-dealkylation sites (N-methyl/N-ethyl adjacent to an activating group) is 1. The Bertz CT molecular complexity index is 245. The molecule has 1 unspecified atom stereocenters. The molecule has 0 bridgehead atoms. The first-order valence-corrected chi connectivity index (χ1v) is 3.78. The van der Waals surface area contributed by atoms with Gasteiger partial charge in [0, 0.05) is 13.2 Å². The van der Waals surface area contributed by atoms with Crippen molar-refractivity contribution in [1.82, 2.24) is 4.90 Å². The van der Waals surface area contributed by atoms with Gasteiger partial charge < -0.3 is 9.64 Å². The Hall–Kier alpha value is -1.25. The van der Waals surface area contributed by atoms with E-state index in [1.54, 1.807) is 0 Å². The molecule has 0 amide bonds. The van der Waals surface area contributed by atoms with Crippen LogP contribution in [-0.4, -0.2) is 30.6 Å². The zero-order valence-corrected chi connectivity index (χ0v) is 7.57. The van der Waals surface area contributed by atoms with E-state index in [2.05, 4.69) is 0 Å². The van der Waals surface area contributed by atoms with Crippen LogP contribution in [0, 0.1) is 0 Å². The summed E-state index contributed by atoms with van der Waals surface area (Å²) in [6.07, 6.45) is 7.39. The maximum atomic E-state index is 11.4. The zero-order valence-electron chi connectivity index (χ0n) is 7.57. The monoisotopic (exact) mass is 167 g/mol. The van der Waals surface area contributed by atoms with Crippen molar-refractivity contribution in [3.05, 3.63) is 24.4 Å². The summed E-state index contributed by atoms with van der Waals surface area (Å²) in [7, 11) is 3.24. The smallest absolute Gasteiger partial charge is 0.335 e. The Balaban J connectivity index is 2.90. The number of hydrogen-bond acceptors (Lipinski definition) is 3. The summed E-state index contributed by atoms with van der Waals surface area (Å²) in [6, 6.07) is 0. The second-order valence-corrected chi connectivity index (χ2v) is 2.95. The Kier molecular flexibility index (Phi) is 2.22. The second-order valence-electron chi connectivity index (χ2n) is 2.95. The average Bonchev–Trinajstić information content (AvgIpc) is 2.09. The van der Waals surface area contributed by atoms with Gasteiger partial charge in [-0.1, -0.05) is 6.08 Å². The van der Waals surface area contributed by atoms with Crippen molar-refractivity contribution in [3.8, 4) is 0 Å². The maximum Gasteiger partial charge on any atom is 0.335 e. The molecule has 0 saturated carbocycles. The fourth-order valence-corrected chi connectivity index (χ4v) is 1.11. The van der Waals surface area contributed by atoms with Gasteiger partial charge in [-0.05, 0) is 19.1 Å². The number of ether oxygens (including phenoxy) is 1. The molecule has 1 aliphatic rings. The van der Waals surface area contributed by atoms with E-state index >= 15 is 0 Å². The molecule has 0 aromatic carbocycles. The van der Waals surface area contributed by atoms with E-state index in [9.17, 15) is 4.79 Å². The van der Waals surface area contributed by atoms with E-state index in [4.69, 9.17) is 4.74 Å². The first kappa shape index (κ1) is 8.84. The highest BCUT2D eigenvalue weighted by atomic mass is 16.5. The van der Waals surface area contributed by atoms with Crippen molar-refractivity contribution >= 4 is 5.97 Å². The molecule has 0 aromatic heterocycles. The molecular weight excluding hydrogens is 154 g/mol. The predicted octanol–water partition coefficient (Wildman–Crippen LogP) is 0.933. The van der Waals surface area contributed by atoms with Gasteiger partial charge in [0.25, 0.3) is 0 Å². The van der Waals surface area contributed by atoms with Crippen LogP contribution in [0.1, 0.15) is 6.92 Å². The molecule has 0 N–H and O–H groups in total. The topological polar surface area (TPSA) is 29.5 Å². The summed E-state index contributed by atoms with van der Waals surface area (Å²) < 4.78 is 4.70. The van der Waals surface area contributed by atoms with Crippen LogP contribution in [0.4, 0.5) is 0 Å². The third-order valence-corrected chi connectivity index (χ3v) is 2.17. The second kappa shape index (κ2) is 3.01. The zero-order chi connectivity index (χ0) is 9.19. The molecule has 12 heavy (non-hydrogen) atoms. The van der Waals surface area contributed by atoms with Crippen molar-refractivity contribution in [2.75, 3.05) is 14.2 Å². The van der Waals surface area contributed by atoms with Gasteiger partial charge in [-0.25, -0.2) is 4.79 Å². The highest BCUT2D eigenvalue weighted by Gasteiger charge is 2.35. The summed E-state index contributed by atoms with van der Waals surface area (Å²) in [6.45, 7) is 1.82. The predicted molar refractivity (Wildman–Crippen MR) is 46.5 cm³/mol. The van der Waals surface area contributed by atoms with Gasteiger partial charge in [0.15, 0.2) is 5.54 Å². The van der Waals surface area contributed by atoms with Gasteiger partial charge >= 0.3 is 5.97 Å². The number of allylic oxidation sites excluding steroid dienone is 2. The van der Waals surface area contributed by atoms with Crippen LogP contribution in [-0.2, 0) is 9.53 Å². The number of rotatable bonds is 1. The van der Waals surface area contributed by atoms with Crippen molar-refractivity contribution in [2.45, 2.75) is 12.5 Å². The quantitative estimate of drug-likeness (QED) is 0.544. The molecule has 1 rings (SSSR count). The number of carbonyl (C=O) groups is 1. The van der Waals surface area contributed by atoms with Crippen molar-refractivity contribution in [1.29, 1.82) is 0 Å². The van der Waals surface area contributed by atoms with Crippen LogP contribution in [0.15, 0.2) is 24.4 Å². The largest absolute Gasteiger partial charge is 0.467 e. The summed E-state index contributed by atoms with van der Waals surface area (Å²) in [4.78, 5) is 13.2. The van der Waals surface area contributed by atoms with E-state index in [-0.39, 0.29) is 5.97 Å². The fourth-order valence-electron chi connectivity index (χ4n) is 1.11. The summed E-state index contributed by atoms with van der Waals surface area (Å²) in [5.74, 6) is -0.245. The molecule has 0 spiro atoms. The molecule has 3 heteroatoms. The number of carbonyl (C=O) groups excluding carboxylic acids is 1. The number of methoxy groups -OCH3 is 1. The third-order valence-electron chi connectivity index (χ3n) is 2.17. The number of hydrogen-bond donors (Lipinski definition) is 0. The number of esters is 1. The Labute approximate surface area is 72.3 Å². The first-order valence-electron chi connectivity index (χ1n) is 3.78. The highest BCUT2D eigenvalue weighted by Crippen LogP contribution is 2.20. The molecule has 0 aromatic rings. The van der Waals surface area contributed by atoms with Crippen LogP contribution in [0.2, 0.25) is 0 Å². The lowest BCUT2D eigenvalue weighted by Crippen LogP contribution is -2.47. The normalized spacial score (nSPS) is 27.4. The van der Waals surface area contributed by atoms with Crippen LogP contribution in [0.25, 0.3) is 0 Å². The van der Waals surface area contributed by atoms with Crippen LogP contribution < -0.4 is 0 Å². The van der Waals surface area contributed by atoms with E-state index < -0.39 is 5.54 Å². The van der Waals surface area contributed by atoms with Crippen molar-refractivity contribution in [3.63, 3.8) is 0 Å². The van der Waals surface area contributed by atoms with E-state index in [1.807, 2.05) is 43.3 Å². The molecule has 0 radical (unpaired) electrons. The molecule has 0 fully saturated rings. The number of nitrogens with zero attached hydrogens (tertiary/aromatic N) is 1.